The Morgan fingerprint density at radius 2 is 1.72 bits per heavy atom. The standard InChI is InChI=1S/C42H41N3O/c1-6-8-10-19-27-45-37-25-17-15-24-34(37)39-40(45)36(28-35-33-23-16-18-26-38(33)46-41(35)39)42(43-30(4)29(3)20-12-9-7-2)44-31(5)32-21-13-11-14-22-32/h6,8-26,28,33,38H,5,7,27H2,1-4H3/b8-6-,12-9-,19-10-,29-20+,43-30+,44-42-. The number of nitrogens with zero attached hydrogens (tertiary/aromatic N) is 3. The fourth-order valence-electron chi connectivity index (χ4n) is 6.14. The minimum Gasteiger partial charge on any atom is -0.484 e. The number of para-hydroxylation sites is 1. The lowest BCUT2D eigenvalue weighted by atomic mass is 9.89. The van der Waals surface area contributed by atoms with E-state index in [0.717, 1.165) is 62.0 Å². The van der Waals surface area contributed by atoms with Crippen LogP contribution in [-0.4, -0.2) is 22.2 Å². The molecular formula is C42H41N3O. The minimum atomic E-state index is -0.0457. The lowest BCUT2D eigenvalue weighted by molar-refractivity contribution is 0.271. The van der Waals surface area contributed by atoms with Crippen LogP contribution in [0.1, 0.15) is 56.7 Å². The lowest BCUT2D eigenvalue weighted by Gasteiger charge is -2.15. The largest absolute Gasteiger partial charge is 0.484 e. The van der Waals surface area contributed by atoms with Gasteiger partial charge in [0.15, 0.2) is 5.84 Å². The van der Waals surface area contributed by atoms with Gasteiger partial charge in [-0.05, 0) is 56.5 Å². The van der Waals surface area contributed by atoms with Gasteiger partial charge in [0.1, 0.15) is 11.9 Å². The second-order valence-corrected chi connectivity index (χ2v) is 11.7. The number of benzene rings is 3. The molecule has 0 bridgehead atoms. The van der Waals surface area contributed by atoms with E-state index in [4.69, 9.17) is 14.7 Å². The number of allylic oxidation sites excluding steroid dienone is 10. The molecule has 0 N–H and O–H groups in total. The quantitative estimate of drug-likeness (QED) is 0.107. The van der Waals surface area contributed by atoms with Gasteiger partial charge in [-0.25, -0.2) is 9.98 Å². The Morgan fingerprint density at radius 1 is 0.935 bits per heavy atom. The highest BCUT2D eigenvalue weighted by Gasteiger charge is 2.36. The Bertz CT molecular complexity index is 2030. The Labute approximate surface area is 272 Å². The predicted octanol–water partition coefficient (Wildman–Crippen LogP) is 10.7. The summed E-state index contributed by atoms with van der Waals surface area (Å²) >= 11 is 0. The van der Waals surface area contributed by atoms with Gasteiger partial charge < -0.3 is 9.30 Å². The summed E-state index contributed by atoms with van der Waals surface area (Å²) in [5.74, 6) is 1.69. The molecule has 2 unspecified atom stereocenters. The highest BCUT2D eigenvalue weighted by molar-refractivity contribution is 6.22. The molecule has 2 aliphatic rings. The van der Waals surface area contributed by atoms with Crippen molar-refractivity contribution in [1.82, 2.24) is 4.57 Å². The average molecular weight is 604 g/mol. The van der Waals surface area contributed by atoms with Crippen LogP contribution in [-0.2, 0) is 6.54 Å². The van der Waals surface area contributed by atoms with Gasteiger partial charge in [0, 0.05) is 40.2 Å². The van der Waals surface area contributed by atoms with E-state index in [1.165, 1.54) is 0 Å². The molecule has 6 rings (SSSR count). The number of ether oxygens (including phenoxy) is 1. The molecule has 0 radical (unpaired) electrons. The minimum absolute atomic E-state index is 0.0457. The number of fused-ring (bicyclic) bond motifs is 7. The van der Waals surface area contributed by atoms with E-state index in [-0.39, 0.29) is 12.0 Å². The zero-order valence-corrected chi connectivity index (χ0v) is 27.2. The van der Waals surface area contributed by atoms with E-state index < -0.39 is 0 Å². The van der Waals surface area contributed by atoms with Gasteiger partial charge >= 0.3 is 0 Å². The van der Waals surface area contributed by atoms with Gasteiger partial charge in [-0.15, -0.1) is 0 Å². The Kier molecular flexibility index (Phi) is 9.25. The van der Waals surface area contributed by atoms with Crippen molar-refractivity contribution < 1.29 is 4.74 Å². The number of hydrogen-bond acceptors (Lipinski definition) is 2. The molecule has 0 spiro atoms. The van der Waals surface area contributed by atoms with Crippen molar-refractivity contribution in [1.29, 1.82) is 0 Å². The third-order valence-corrected chi connectivity index (χ3v) is 8.59. The summed E-state index contributed by atoms with van der Waals surface area (Å²) in [6.45, 7) is 13.4. The summed E-state index contributed by atoms with van der Waals surface area (Å²) in [4.78, 5) is 10.5. The van der Waals surface area contributed by atoms with Crippen LogP contribution in [0.3, 0.4) is 0 Å². The molecule has 0 saturated carbocycles. The summed E-state index contributed by atoms with van der Waals surface area (Å²) in [7, 11) is 0. The topological polar surface area (TPSA) is 38.9 Å². The Hall–Kier alpha value is -5.22. The summed E-state index contributed by atoms with van der Waals surface area (Å²) in [5.41, 5.74) is 7.93. The van der Waals surface area contributed by atoms with E-state index in [9.17, 15) is 0 Å². The highest BCUT2D eigenvalue weighted by Crippen LogP contribution is 2.49. The summed E-state index contributed by atoms with van der Waals surface area (Å²) < 4.78 is 9.13. The van der Waals surface area contributed by atoms with Gasteiger partial charge in [-0.3, -0.25) is 0 Å². The van der Waals surface area contributed by atoms with Crippen molar-refractivity contribution in [3.8, 4) is 5.75 Å². The maximum absolute atomic E-state index is 6.76. The van der Waals surface area contributed by atoms with Crippen molar-refractivity contribution >= 4 is 39.1 Å². The third-order valence-electron chi connectivity index (χ3n) is 8.59. The number of amidine groups is 1. The van der Waals surface area contributed by atoms with E-state index in [1.807, 2.05) is 43.3 Å². The maximum Gasteiger partial charge on any atom is 0.162 e. The molecule has 1 aromatic heterocycles. The van der Waals surface area contributed by atoms with Crippen molar-refractivity contribution in [3.63, 3.8) is 0 Å². The van der Waals surface area contributed by atoms with Crippen LogP contribution < -0.4 is 4.74 Å². The molecule has 46 heavy (non-hydrogen) atoms. The summed E-state index contributed by atoms with van der Waals surface area (Å²) in [6, 6.07) is 21.0. The van der Waals surface area contributed by atoms with Gasteiger partial charge in [-0.2, -0.15) is 0 Å². The smallest absolute Gasteiger partial charge is 0.162 e. The van der Waals surface area contributed by atoms with Gasteiger partial charge in [0.2, 0.25) is 0 Å². The predicted molar refractivity (Wildman–Crippen MR) is 197 cm³/mol. The summed E-state index contributed by atoms with van der Waals surface area (Å²) in [6.07, 6.45) is 24.3. The first-order valence-electron chi connectivity index (χ1n) is 16.1. The molecule has 3 aromatic carbocycles. The van der Waals surface area contributed by atoms with Gasteiger partial charge in [0.25, 0.3) is 0 Å². The van der Waals surface area contributed by atoms with Crippen LogP contribution in [0, 0.1) is 0 Å². The average Bonchev–Trinajstić information content (AvgIpc) is 3.62. The van der Waals surface area contributed by atoms with Gasteiger partial charge in [-0.1, -0.05) is 123 Å². The van der Waals surface area contributed by atoms with E-state index in [0.29, 0.717) is 18.1 Å². The second-order valence-electron chi connectivity index (χ2n) is 11.7. The molecule has 230 valence electrons. The normalized spacial score (nSPS) is 18.4. The van der Waals surface area contributed by atoms with E-state index in [1.54, 1.807) is 0 Å². The number of aliphatic imine (C=N–C) groups is 2. The fourth-order valence-corrected chi connectivity index (χ4v) is 6.14. The van der Waals surface area contributed by atoms with Crippen molar-refractivity contribution in [2.24, 2.45) is 9.98 Å². The number of hydrogen-bond donors (Lipinski definition) is 0. The highest BCUT2D eigenvalue weighted by atomic mass is 16.5. The van der Waals surface area contributed by atoms with E-state index >= 15 is 0 Å². The van der Waals surface area contributed by atoms with Crippen molar-refractivity contribution in [2.45, 2.75) is 52.7 Å². The summed E-state index contributed by atoms with van der Waals surface area (Å²) in [5, 5.41) is 2.26. The van der Waals surface area contributed by atoms with Crippen LogP contribution in [0.4, 0.5) is 0 Å². The third kappa shape index (κ3) is 6.03. The molecule has 1 aliphatic carbocycles. The first-order valence-corrected chi connectivity index (χ1v) is 16.1. The van der Waals surface area contributed by atoms with Crippen LogP contribution in [0.15, 0.2) is 150 Å². The number of rotatable bonds is 9. The molecule has 4 aromatic rings. The van der Waals surface area contributed by atoms with Crippen LogP contribution >= 0.6 is 0 Å². The molecule has 1 aliphatic heterocycles. The fraction of sp³-hybridized carbons (Fsp3) is 0.190. The molecule has 0 saturated heterocycles. The van der Waals surface area contributed by atoms with Crippen LogP contribution in [0.25, 0.3) is 27.5 Å². The molecule has 0 fully saturated rings. The van der Waals surface area contributed by atoms with Gasteiger partial charge in [0.05, 0.1) is 16.6 Å². The maximum atomic E-state index is 6.76. The van der Waals surface area contributed by atoms with Crippen molar-refractivity contribution in [2.75, 3.05) is 0 Å². The molecule has 2 atom stereocenters. The first-order chi connectivity index (χ1) is 22.5. The molecule has 4 nitrogen and oxygen atoms in total. The van der Waals surface area contributed by atoms with Crippen LogP contribution in [0.5, 0.6) is 5.75 Å². The Morgan fingerprint density at radius 3 is 2.52 bits per heavy atom. The van der Waals surface area contributed by atoms with Crippen LogP contribution in [0.2, 0.25) is 0 Å². The molecule has 4 heteroatoms. The van der Waals surface area contributed by atoms with E-state index in [2.05, 4.69) is 123 Å². The lowest BCUT2D eigenvalue weighted by Crippen LogP contribution is -2.15. The molecular weight excluding hydrogens is 562 g/mol. The Balaban J connectivity index is 1.68. The molecule has 0 amide bonds. The first kappa shape index (κ1) is 30.8. The zero-order valence-electron chi connectivity index (χ0n) is 27.2. The van der Waals surface area contributed by atoms with Crippen molar-refractivity contribution in [3.05, 3.63) is 156 Å². The SMILES string of the molecule is C=C(\N=C(/N=C(C)/C(C)=C/C=C\CC)c1cc2c(c3c4ccccc4n(C/C=C\C=C/C)c13)OC1C=CC=CC21)c1ccccc1. The second kappa shape index (κ2) is 13.8. The number of aromatic nitrogens is 1. The zero-order chi connectivity index (χ0) is 32.0. The molecule has 2 heterocycles. The monoisotopic (exact) mass is 603 g/mol.